The first-order valence-corrected chi connectivity index (χ1v) is 13.4. The Labute approximate surface area is 202 Å². The number of benzene rings is 2. The highest BCUT2D eigenvalue weighted by Gasteiger charge is 2.29. The van der Waals surface area contributed by atoms with Gasteiger partial charge in [0, 0.05) is 19.2 Å². The number of methoxy groups -OCH3 is 2. The van der Waals surface area contributed by atoms with E-state index in [1.807, 2.05) is 12.1 Å². The second-order valence-electron chi connectivity index (χ2n) is 8.65. The molecule has 1 aliphatic rings. The Morgan fingerprint density at radius 1 is 1.00 bits per heavy atom. The molecular formula is C25H35N3O5S. The maximum atomic E-state index is 12.9. The number of nitrogens with one attached hydrogen (secondary N) is 1. The van der Waals surface area contributed by atoms with Crippen molar-refractivity contribution in [2.75, 3.05) is 37.9 Å². The molecular weight excluding hydrogens is 454 g/mol. The van der Waals surface area contributed by atoms with Gasteiger partial charge in [0.2, 0.25) is 15.9 Å². The van der Waals surface area contributed by atoms with Gasteiger partial charge >= 0.3 is 0 Å². The minimum Gasteiger partial charge on any atom is -0.493 e. The third-order valence-corrected chi connectivity index (χ3v) is 7.30. The van der Waals surface area contributed by atoms with Crippen molar-refractivity contribution in [1.82, 2.24) is 10.2 Å². The molecule has 3 rings (SSSR count). The number of ether oxygens (including phenoxy) is 2. The molecule has 0 radical (unpaired) electrons. The van der Waals surface area contributed by atoms with Gasteiger partial charge in [-0.2, -0.15) is 0 Å². The summed E-state index contributed by atoms with van der Waals surface area (Å²) in [5, 5.41) is 2.86. The summed E-state index contributed by atoms with van der Waals surface area (Å²) in [5.41, 5.74) is 2.53. The minimum absolute atomic E-state index is 0.316. The highest BCUT2D eigenvalue weighted by molar-refractivity contribution is 7.92. The van der Waals surface area contributed by atoms with Gasteiger partial charge in [0.05, 0.1) is 26.2 Å². The van der Waals surface area contributed by atoms with Gasteiger partial charge < -0.3 is 14.8 Å². The Kier molecular flexibility index (Phi) is 8.79. The fourth-order valence-electron chi connectivity index (χ4n) is 4.25. The standard InChI is InChI=1S/C25H35N3O5S/c1-19(28(34(4,30)31)22-12-13-23(32-2)24(16-22)33-3)25(29)26-17-20-8-10-21(11-9-20)18-27-14-6-5-7-15-27/h8-13,16,19H,5-7,14-15,17-18H2,1-4H3,(H,26,29)/t19-/m1/s1. The molecule has 0 bridgehead atoms. The first kappa shape index (κ1) is 25.8. The lowest BCUT2D eigenvalue weighted by atomic mass is 10.1. The van der Waals surface area contributed by atoms with E-state index < -0.39 is 22.0 Å². The Balaban J connectivity index is 1.65. The predicted molar refractivity (Wildman–Crippen MR) is 134 cm³/mol. The first-order valence-electron chi connectivity index (χ1n) is 11.5. The maximum Gasteiger partial charge on any atom is 0.243 e. The van der Waals surface area contributed by atoms with Gasteiger partial charge in [-0.05, 0) is 56.1 Å². The summed E-state index contributed by atoms with van der Waals surface area (Å²) < 4.78 is 36.8. The number of hydrogen-bond donors (Lipinski definition) is 1. The van der Waals surface area contributed by atoms with Crippen LogP contribution in [0, 0.1) is 0 Å². The van der Waals surface area contributed by atoms with Crippen LogP contribution < -0.4 is 19.1 Å². The molecule has 1 atom stereocenters. The molecule has 2 aromatic rings. The molecule has 0 saturated carbocycles. The van der Waals surface area contributed by atoms with E-state index in [9.17, 15) is 13.2 Å². The lowest BCUT2D eigenvalue weighted by molar-refractivity contribution is -0.122. The molecule has 1 amide bonds. The molecule has 8 nitrogen and oxygen atoms in total. The van der Waals surface area contributed by atoms with Gasteiger partial charge in [0.1, 0.15) is 6.04 Å². The van der Waals surface area contributed by atoms with Crippen molar-refractivity contribution in [3.05, 3.63) is 53.6 Å². The molecule has 0 aliphatic carbocycles. The van der Waals surface area contributed by atoms with Crippen LogP contribution in [0.3, 0.4) is 0 Å². The van der Waals surface area contributed by atoms with Crippen molar-refractivity contribution in [2.24, 2.45) is 0 Å². The Morgan fingerprint density at radius 3 is 2.21 bits per heavy atom. The average molecular weight is 490 g/mol. The van der Waals surface area contributed by atoms with E-state index in [1.165, 1.54) is 39.0 Å². The normalized spacial score (nSPS) is 15.4. The van der Waals surface area contributed by atoms with Crippen LogP contribution in [0.15, 0.2) is 42.5 Å². The monoisotopic (exact) mass is 489 g/mol. The van der Waals surface area contributed by atoms with Crippen LogP contribution in [0.4, 0.5) is 5.69 Å². The first-order chi connectivity index (χ1) is 16.2. The van der Waals surface area contributed by atoms with Crippen molar-refractivity contribution < 1.29 is 22.7 Å². The Morgan fingerprint density at radius 2 is 1.62 bits per heavy atom. The predicted octanol–water partition coefficient (Wildman–Crippen LogP) is 3.16. The van der Waals surface area contributed by atoms with Gasteiger partial charge in [-0.3, -0.25) is 14.0 Å². The molecule has 0 unspecified atom stereocenters. The number of hydrogen-bond acceptors (Lipinski definition) is 6. The topological polar surface area (TPSA) is 88.2 Å². The second kappa shape index (κ2) is 11.6. The van der Waals surface area contributed by atoms with Crippen LogP contribution in [0.1, 0.15) is 37.3 Å². The average Bonchev–Trinajstić information content (AvgIpc) is 2.83. The smallest absolute Gasteiger partial charge is 0.243 e. The van der Waals surface area contributed by atoms with Crippen LogP contribution in [-0.4, -0.2) is 58.8 Å². The molecule has 9 heteroatoms. The molecule has 1 N–H and O–H groups in total. The van der Waals surface area contributed by atoms with Crippen molar-refractivity contribution in [2.45, 2.75) is 45.3 Å². The number of anilines is 1. The van der Waals surface area contributed by atoms with Gasteiger partial charge in [-0.25, -0.2) is 8.42 Å². The quantitative estimate of drug-likeness (QED) is 0.552. The molecule has 0 spiro atoms. The van der Waals surface area contributed by atoms with E-state index in [1.54, 1.807) is 25.1 Å². The number of amides is 1. The number of likely N-dealkylation sites (tertiary alicyclic amines) is 1. The minimum atomic E-state index is -3.74. The number of rotatable bonds is 10. The molecule has 34 heavy (non-hydrogen) atoms. The zero-order valence-corrected chi connectivity index (χ0v) is 21.2. The summed E-state index contributed by atoms with van der Waals surface area (Å²) in [6, 6.07) is 12.0. The summed E-state index contributed by atoms with van der Waals surface area (Å²) in [6.45, 7) is 5.11. The summed E-state index contributed by atoms with van der Waals surface area (Å²) in [4.78, 5) is 15.4. The largest absolute Gasteiger partial charge is 0.493 e. The van der Waals surface area contributed by atoms with E-state index in [2.05, 4.69) is 22.3 Å². The maximum absolute atomic E-state index is 12.9. The Bertz CT molecular complexity index is 1070. The third kappa shape index (κ3) is 6.64. The van der Waals surface area contributed by atoms with Crippen LogP contribution in [-0.2, 0) is 27.9 Å². The lowest BCUT2D eigenvalue weighted by Crippen LogP contribution is -2.47. The van der Waals surface area contributed by atoms with Crippen molar-refractivity contribution >= 4 is 21.6 Å². The van der Waals surface area contributed by atoms with E-state index in [0.717, 1.165) is 35.8 Å². The van der Waals surface area contributed by atoms with Crippen molar-refractivity contribution in [3.8, 4) is 11.5 Å². The van der Waals surface area contributed by atoms with Gasteiger partial charge in [0.15, 0.2) is 11.5 Å². The van der Waals surface area contributed by atoms with E-state index in [4.69, 9.17) is 9.47 Å². The number of piperidine rings is 1. The molecule has 1 aliphatic heterocycles. The highest BCUT2D eigenvalue weighted by atomic mass is 32.2. The van der Waals surface area contributed by atoms with Gasteiger partial charge in [-0.15, -0.1) is 0 Å². The molecule has 1 heterocycles. The fourth-order valence-corrected chi connectivity index (χ4v) is 5.41. The van der Waals surface area contributed by atoms with Crippen molar-refractivity contribution in [1.29, 1.82) is 0 Å². The SMILES string of the molecule is COc1ccc(N([C@H](C)C(=O)NCc2ccc(CN3CCCCC3)cc2)S(C)(=O)=O)cc1OC. The molecule has 1 saturated heterocycles. The van der Waals surface area contributed by atoms with E-state index in [-0.39, 0.29) is 0 Å². The number of nitrogens with zero attached hydrogens (tertiary/aromatic N) is 2. The number of sulfonamides is 1. The fraction of sp³-hybridized carbons (Fsp3) is 0.480. The molecule has 186 valence electrons. The van der Waals surface area contributed by atoms with Crippen LogP contribution in [0.25, 0.3) is 0 Å². The molecule has 2 aromatic carbocycles. The van der Waals surface area contributed by atoms with Crippen LogP contribution >= 0.6 is 0 Å². The Hall–Kier alpha value is -2.78. The van der Waals surface area contributed by atoms with Gasteiger partial charge in [0.25, 0.3) is 0 Å². The van der Waals surface area contributed by atoms with E-state index in [0.29, 0.717) is 23.7 Å². The number of carbonyl (C=O) groups excluding carboxylic acids is 1. The van der Waals surface area contributed by atoms with Gasteiger partial charge in [-0.1, -0.05) is 30.7 Å². The van der Waals surface area contributed by atoms with E-state index >= 15 is 0 Å². The summed E-state index contributed by atoms with van der Waals surface area (Å²) in [7, 11) is -0.763. The molecule has 0 aromatic heterocycles. The molecule has 1 fully saturated rings. The van der Waals surface area contributed by atoms with Crippen LogP contribution in [0.2, 0.25) is 0 Å². The third-order valence-electron chi connectivity index (χ3n) is 6.05. The zero-order chi connectivity index (χ0) is 24.7. The van der Waals surface area contributed by atoms with Crippen molar-refractivity contribution in [3.63, 3.8) is 0 Å². The lowest BCUT2D eigenvalue weighted by Gasteiger charge is -2.28. The second-order valence-corrected chi connectivity index (χ2v) is 10.5. The zero-order valence-electron chi connectivity index (χ0n) is 20.4. The number of carbonyl (C=O) groups is 1. The van der Waals surface area contributed by atoms with Crippen LogP contribution in [0.5, 0.6) is 11.5 Å². The highest BCUT2D eigenvalue weighted by Crippen LogP contribution is 2.33. The summed E-state index contributed by atoms with van der Waals surface area (Å²) in [5.74, 6) is 0.462. The summed E-state index contributed by atoms with van der Waals surface area (Å²) >= 11 is 0. The summed E-state index contributed by atoms with van der Waals surface area (Å²) in [6.07, 6.45) is 4.91.